The van der Waals surface area contributed by atoms with Gasteiger partial charge in [0.05, 0.1) is 12.2 Å². The Morgan fingerprint density at radius 1 is 1.32 bits per heavy atom. The number of carboxylic acids is 1. The van der Waals surface area contributed by atoms with Crippen LogP contribution < -0.4 is 0 Å². The van der Waals surface area contributed by atoms with Crippen LogP contribution in [-0.2, 0) is 11.3 Å². The number of oxazole rings is 1. The molecule has 0 saturated carbocycles. The van der Waals surface area contributed by atoms with E-state index in [9.17, 15) is 4.79 Å². The Bertz CT molecular complexity index is 599. The van der Waals surface area contributed by atoms with E-state index in [4.69, 9.17) is 9.52 Å². The Hall–Kier alpha value is -1.85. The van der Waals surface area contributed by atoms with Gasteiger partial charge in [-0.25, -0.2) is 4.98 Å². The highest BCUT2D eigenvalue weighted by Gasteiger charge is 2.16. The third kappa shape index (κ3) is 4.86. The van der Waals surface area contributed by atoms with Crippen molar-refractivity contribution in [2.75, 3.05) is 13.1 Å². The third-order valence-corrected chi connectivity index (χ3v) is 3.19. The van der Waals surface area contributed by atoms with E-state index in [1.54, 1.807) is 0 Å². The molecule has 1 N–H and O–H groups in total. The van der Waals surface area contributed by atoms with Crippen LogP contribution in [0.4, 0.5) is 0 Å². The summed E-state index contributed by atoms with van der Waals surface area (Å²) in [6.45, 7) is 5.11. The minimum absolute atomic E-state index is 0. The van der Waals surface area contributed by atoms with Gasteiger partial charge in [-0.2, -0.15) is 0 Å². The first-order valence-electron chi connectivity index (χ1n) is 7.06. The molecule has 0 saturated heterocycles. The van der Waals surface area contributed by atoms with Gasteiger partial charge >= 0.3 is 5.97 Å². The molecule has 0 fully saturated rings. The van der Waals surface area contributed by atoms with Gasteiger partial charge in [0.25, 0.3) is 0 Å². The predicted octanol–water partition coefficient (Wildman–Crippen LogP) is 3.37. The lowest BCUT2D eigenvalue weighted by molar-refractivity contribution is -0.138. The van der Waals surface area contributed by atoms with Gasteiger partial charge in [0, 0.05) is 12.1 Å². The molecule has 0 unspecified atom stereocenters. The molecule has 22 heavy (non-hydrogen) atoms. The maximum atomic E-state index is 10.9. The number of aromatic nitrogens is 1. The summed E-state index contributed by atoms with van der Waals surface area (Å²) in [5, 5.41) is 8.96. The van der Waals surface area contributed by atoms with Crippen molar-refractivity contribution < 1.29 is 14.3 Å². The van der Waals surface area contributed by atoms with Crippen molar-refractivity contribution in [2.45, 2.75) is 26.8 Å². The van der Waals surface area contributed by atoms with Crippen LogP contribution in [0, 0.1) is 6.92 Å². The predicted molar refractivity (Wildman–Crippen MR) is 87.1 cm³/mol. The lowest BCUT2D eigenvalue weighted by Crippen LogP contribution is -2.30. The Morgan fingerprint density at radius 2 is 2.00 bits per heavy atom. The Morgan fingerprint density at radius 3 is 2.59 bits per heavy atom. The number of aliphatic carboxylic acids is 1. The number of nitrogens with zero attached hydrogens (tertiary/aromatic N) is 2. The Labute approximate surface area is 136 Å². The second-order valence-electron chi connectivity index (χ2n) is 4.99. The van der Waals surface area contributed by atoms with Gasteiger partial charge in [0.1, 0.15) is 5.76 Å². The maximum Gasteiger partial charge on any atom is 0.317 e. The summed E-state index contributed by atoms with van der Waals surface area (Å²) in [6, 6.07) is 9.69. The van der Waals surface area contributed by atoms with Crippen molar-refractivity contribution in [1.82, 2.24) is 9.88 Å². The average molecular weight is 325 g/mol. The number of hydrogen-bond acceptors (Lipinski definition) is 4. The van der Waals surface area contributed by atoms with E-state index in [1.165, 1.54) is 0 Å². The van der Waals surface area contributed by atoms with Crippen molar-refractivity contribution in [3.8, 4) is 11.5 Å². The van der Waals surface area contributed by atoms with Crippen molar-refractivity contribution in [2.24, 2.45) is 0 Å². The van der Waals surface area contributed by atoms with Crippen molar-refractivity contribution in [3.05, 3.63) is 41.8 Å². The van der Waals surface area contributed by atoms with Gasteiger partial charge in [-0.05, 0) is 32.0 Å². The topological polar surface area (TPSA) is 66.6 Å². The van der Waals surface area contributed by atoms with E-state index in [0.717, 1.165) is 30.0 Å². The second-order valence-corrected chi connectivity index (χ2v) is 4.99. The summed E-state index contributed by atoms with van der Waals surface area (Å²) in [5.41, 5.74) is 1.72. The molecular weight excluding hydrogens is 304 g/mol. The zero-order valence-electron chi connectivity index (χ0n) is 12.8. The summed E-state index contributed by atoms with van der Waals surface area (Å²) in [6.07, 6.45) is 0.899. The lowest BCUT2D eigenvalue weighted by atomic mass is 10.2. The first kappa shape index (κ1) is 18.2. The maximum absolute atomic E-state index is 10.9. The van der Waals surface area contributed by atoms with E-state index in [2.05, 4.69) is 4.98 Å². The van der Waals surface area contributed by atoms with Gasteiger partial charge in [-0.3, -0.25) is 9.69 Å². The molecule has 0 spiro atoms. The summed E-state index contributed by atoms with van der Waals surface area (Å²) in [7, 11) is 0. The average Bonchev–Trinajstić information content (AvgIpc) is 2.81. The van der Waals surface area contributed by atoms with Crippen LogP contribution in [0.5, 0.6) is 0 Å². The largest absolute Gasteiger partial charge is 0.480 e. The zero-order chi connectivity index (χ0) is 15.2. The smallest absolute Gasteiger partial charge is 0.317 e. The normalized spacial score (nSPS) is 10.5. The highest BCUT2D eigenvalue weighted by atomic mass is 35.5. The lowest BCUT2D eigenvalue weighted by Gasteiger charge is -2.17. The van der Waals surface area contributed by atoms with Gasteiger partial charge < -0.3 is 9.52 Å². The van der Waals surface area contributed by atoms with Crippen LogP contribution in [-0.4, -0.2) is 34.0 Å². The van der Waals surface area contributed by atoms with E-state index >= 15 is 0 Å². The fourth-order valence-electron chi connectivity index (χ4n) is 2.21. The number of hydrogen-bond donors (Lipinski definition) is 1. The van der Waals surface area contributed by atoms with E-state index in [-0.39, 0.29) is 19.0 Å². The fraction of sp³-hybridized carbons (Fsp3) is 0.375. The second kappa shape index (κ2) is 8.56. The van der Waals surface area contributed by atoms with Crippen molar-refractivity contribution >= 4 is 18.4 Å². The molecule has 0 atom stereocenters. The molecular formula is C16H21ClN2O3. The molecule has 6 heteroatoms. The van der Waals surface area contributed by atoms with Gasteiger partial charge in [0.2, 0.25) is 5.89 Å². The first-order valence-corrected chi connectivity index (χ1v) is 7.06. The monoisotopic (exact) mass is 324 g/mol. The molecule has 0 aliphatic carbocycles. The number of carbonyl (C=O) groups is 1. The van der Waals surface area contributed by atoms with Crippen LogP contribution in [0.3, 0.4) is 0 Å². The quantitative estimate of drug-likeness (QED) is 0.845. The number of benzene rings is 1. The molecule has 5 nitrogen and oxygen atoms in total. The fourth-order valence-corrected chi connectivity index (χ4v) is 2.21. The molecule has 0 aliphatic rings. The van der Waals surface area contributed by atoms with Gasteiger partial charge in [0.15, 0.2) is 0 Å². The summed E-state index contributed by atoms with van der Waals surface area (Å²) < 4.78 is 5.70. The molecule has 1 aromatic heterocycles. The van der Waals surface area contributed by atoms with Gasteiger partial charge in [-0.15, -0.1) is 12.4 Å². The summed E-state index contributed by atoms with van der Waals surface area (Å²) in [4.78, 5) is 17.3. The summed E-state index contributed by atoms with van der Waals surface area (Å²) >= 11 is 0. The number of rotatable bonds is 7. The molecule has 0 radical (unpaired) electrons. The number of carboxylic acid groups (broad SMARTS) is 1. The highest BCUT2D eigenvalue weighted by Crippen LogP contribution is 2.22. The zero-order valence-corrected chi connectivity index (χ0v) is 13.6. The number of aryl methyl sites for hydroxylation is 1. The minimum Gasteiger partial charge on any atom is -0.480 e. The molecule has 0 bridgehead atoms. The summed E-state index contributed by atoms with van der Waals surface area (Å²) in [5.74, 6) is 0.489. The van der Waals surface area contributed by atoms with E-state index in [0.29, 0.717) is 12.4 Å². The highest BCUT2D eigenvalue weighted by molar-refractivity contribution is 5.85. The third-order valence-electron chi connectivity index (χ3n) is 3.19. The van der Waals surface area contributed by atoms with Crippen LogP contribution in [0.15, 0.2) is 34.7 Å². The van der Waals surface area contributed by atoms with Crippen LogP contribution >= 0.6 is 12.4 Å². The van der Waals surface area contributed by atoms with Crippen LogP contribution in [0.1, 0.15) is 24.8 Å². The molecule has 2 rings (SSSR count). The molecule has 0 aliphatic heterocycles. The minimum atomic E-state index is -0.826. The molecule has 1 heterocycles. The van der Waals surface area contributed by atoms with Crippen molar-refractivity contribution in [1.29, 1.82) is 0 Å². The number of halogens is 1. The van der Waals surface area contributed by atoms with Gasteiger partial charge in [-0.1, -0.05) is 25.1 Å². The van der Waals surface area contributed by atoms with E-state index < -0.39 is 5.97 Å². The molecule has 0 amide bonds. The Kier molecular flexibility index (Phi) is 7.08. The molecule has 2 aromatic rings. The first-order chi connectivity index (χ1) is 10.1. The standard InChI is InChI=1S/C16H20N2O3.ClH/c1-3-9-18(11-15(19)20)10-14-12(2)21-16(17-14)13-7-5-4-6-8-13;/h4-8H,3,9-11H2,1-2H3,(H,19,20);1H. The molecule has 1 aromatic carbocycles. The van der Waals surface area contributed by atoms with Crippen LogP contribution in [0.25, 0.3) is 11.5 Å². The molecule has 120 valence electrons. The van der Waals surface area contributed by atoms with E-state index in [1.807, 2.05) is 49.1 Å². The SMILES string of the molecule is CCCN(CC(=O)O)Cc1nc(-c2ccccc2)oc1C.Cl. The van der Waals surface area contributed by atoms with Crippen molar-refractivity contribution in [3.63, 3.8) is 0 Å². The van der Waals surface area contributed by atoms with Crippen LogP contribution in [0.2, 0.25) is 0 Å². The Balaban J connectivity index is 0.00000242.